The first-order chi connectivity index (χ1) is 35.7. The van der Waals surface area contributed by atoms with E-state index in [0.29, 0.717) is 28.8 Å². The zero-order chi connectivity index (χ0) is 59.1. The van der Waals surface area contributed by atoms with E-state index >= 15 is 0 Å². The summed E-state index contributed by atoms with van der Waals surface area (Å²) in [6, 6.07) is 27.4. The lowest BCUT2D eigenvalue weighted by Crippen LogP contribution is -2.04. The van der Waals surface area contributed by atoms with Crippen LogP contribution in [0.1, 0.15) is 55.6 Å². The number of rotatable bonds is 0. The van der Waals surface area contributed by atoms with Gasteiger partial charge in [0.15, 0.2) is 29.1 Å². The molecule has 8 aromatic carbocycles. The summed E-state index contributed by atoms with van der Waals surface area (Å²) >= 11 is 0. The van der Waals surface area contributed by atoms with Crippen LogP contribution in [0.5, 0.6) is 0 Å². The largest absolute Gasteiger partial charge is 0.416 e. The highest BCUT2D eigenvalue weighted by Gasteiger charge is 2.30. The number of halogens is 19. The van der Waals surface area contributed by atoms with Crippen LogP contribution in [0, 0.1) is 155 Å². The zero-order valence-corrected chi connectivity index (χ0v) is 42.4. The summed E-state index contributed by atoms with van der Waals surface area (Å²) in [5, 5.41) is 0. The molecule has 0 spiro atoms. The molecule has 0 bridgehead atoms. The second-order valence-corrected chi connectivity index (χ2v) is 16.2. The maximum Gasteiger partial charge on any atom is 0.416 e. The normalized spacial score (nSPS) is 10.1. The molecule has 0 amide bonds. The Kier molecular flexibility index (Phi) is 28.1. The average molecular weight is 1110 g/mol. The topological polar surface area (TPSA) is 0 Å². The highest BCUT2D eigenvalue weighted by atomic mass is 19.4. The van der Waals surface area contributed by atoms with Gasteiger partial charge in [-0.05, 0) is 146 Å². The molecule has 0 saturated carbocycles. The minimum Gasteiger partial charge on any atom is -0.207 e. The Morgan fingerprint density at radius 1 is 0.247 bits per heavy atom. The van der Waals surface area contributed by atoms with E-state index in [-0.39, 0.29) is 22.8 Å². The fraction of sp³-hybridized carbons (Fsp3) is 0.172. The van der Waals surface area contributed by atoms with Crippen LogP contribution in [0.15, 0.2) is 133 Å². The third-order valence-corrected chi connectivity index (χ3v) is 9.83. The molecule has 0 heterocycles. The van der Waals surface area contributed by atoms with E-state index in [1.165, 1.54) is 75.4 Å². The van der Waals surface area contributed by atoms with Crippen LogP contribution in [0.2, 0.25) is 0 Å². The van der Waals surface area contributed by atoms with E-state index < -0.39 is 104 Å². The first-order valence-electron chi connectivity index (χ1n) is 22.1. The second-order valence-electron chi connectivity index (χ2n) is 16.2. The number of hydrogen-bond donors (Lipinski definition) is 0. The van der Waals surface area contributed by atoms with Crippen molar-refractivity contribution in [1.82, 2.24) is 0 Å². The quantitative estimate of drug-likeness (QED) is 0.0807. The number of benzene rings is 8. The molecule has 0 aliphatic rings. The van der Waals surface area contributed by atoms with Crippen LogP contribution in [-0.4, -0.2) is 0 Å². The minimum atomic E-state index is -4.22. The predicted molar refractivity (Wildman–Crippen MR) is 258 cm³/mol. The summed E-state index contributed by atoms with van der Waals surface area (Å²) in [6.45, 7) is 13.2. The van der Waals surface area contributed by atoms with Crippen molar-refractivity contribution in [1.29, 1.82) is 0 Å². The zero-order valence-electron chi connectivity index (χ0n) is 42.4. The van der Waals surface area contributed by atoms with Gasteiger partial charge in [0.05, 0.1) is 5.56 Å². The maximum absolute atomic E-state index is 12.8. The van der Waals surface area contributed by atoms with Gasteiger partial charge in [-0.3, -0.25) is 0 Å². The Bertz CT molecular complexity index is 2840. The molecule has 0 N–H and O–H groups in total. The summed E-state index contributed by atoms with van der Waals surface area (Å²) in [6.07, 6.45) is -4.22. The Hall–Kier alpha value is -7.57. The number of hydrogen-bond acceptors (Lipinski definition) is 0. The van der Waals surface area contributed by atoms with Crippen molar-refractivity contribution in [2.45, 2.75) is 68.5 Å². The van der Waals surface area contributed by atoms with Crippen molar-refractivity contribution >= 4 is 0 Å². The third-order valence-electron chi connectivity index (χ3n) is 9.83. The van der Waals surface area contributed by atoms with Crippen molar-refractivity contribution < 1.29 is 83.4 Å². The van der Waals surface area contributed by atoms with Crippen LogP contribution in [-0.2, 0) is 6.18 Å². The summed E-state index contributed by atoms with van der Waals surface area (Å²) in [7, 11) is 0. The van der Waals surface area contributed by atoms with Gasteiger partial charge < -0.3 is 0 Å². The van der Waals surface area contributed by atoms with E-state index in [9.17, 15) is 83.4 Å². The van der Waals surface area contributed by atoms with Gasteiger partial charge in [0.2, 0.25) is 0 Å². The molecule has 0 fully saturated rings. The first-order valence-corrected chi connectivity index (χ1v) is 22.1. The summed E-state index contributed by atoms with van der Waals surface area (Å²) < 4.78 is 233. The van der Waals surface area contributed by atoms with Crippen molar-refractivity contribution in [3.8, 4) is 0 Å². The van der Waals surface area contributed by atoms with Crippen LogP contribution in [0.25, 0.3) is 0 Å². The van der Waals surface area contributed by atoms with Crippen LogP contribution in [0.4, 0.5) is 83.4 Å². The molecule has 19 heteroatoms. The van der Waals surface area contributed by atoms with E-state index in [0.717, 1.165) is 73.5 Å². The Labute approximate surface area is 433 Å². The summed E-state index contributed by atoms with van der Waals surface area (Å²) in [5.74, 6) is -12.7. The molecule has 0 nitrogen and oxygen atoms in total. The van der Waals surface area contributed by atoms with E-state index in [1.807, 2.05) is 6.92 Å². The molecule has 0 aromatic heterocycles. The average Bonchev–Trinajstić information content (AvgIpc) is 3.36. The Morgan fingerprint density at radius 2 is 0.662 bits per heavy atom. The molecule has 0 unspecified atom stereocenters. The minimum absolute atomic E-state index is 0.0810. The van der Waals surface area contributed by atoms with Gasteiger partial charge in [-0.2, -0.15) is 13.2 Å². The molecule has 77 heavy (non-hydrogen) atoms. The van der Waals surface area contributed by atoms with Crippen LogP contribution < -0.4 is 0 Å². The third kappa shape index (κ3) is 24.3. The lowest BCUT2D eigenvalue weighted by Gasteiger charge is -2.05. The standard InChI is InChI=1S/C8H6F4.C8H7F3.C7H5F3.4C7H6F2.C7H7F/c1-3-5(9)4(2)7(11)8(12)6(3)10;1-6-3-2-4-7(5-6)8(9,10)11;1-4-6(9)2-5(8)3-7(4)10;1-5-4-6(8)2-3-7(5)9;1-5-2-3-6(8)4-7(5)9;1-5-2-3-6(8)7(9)4-5;1-5-6(8)3-2-4-7(5)9;1-6-2-4-7(8)5-3-6/h1-2H3;2-5H,1H3;2-3H,1H3;4*2-4H,1H3;2-5H,1H3. The van der Waals surface area contributed by atoms with E-state index in [1.54, 1.807) is 39.0 Å². The fourth-order valence-electron chi connectivity index (χ4n) is 5.23. The molecule has 8 rings (SSSR count). The monoisotopic (exact) mass is 1110 g/mol. The molecule has 414 valence electrons. The van der Waals surface area contributed by atoms with Gasteiger partial charge in [0.1, 0.15) is 64.0 Å². The SMILES string of the molecule is Cc1c(F)c(C)c(F)c(F)c1F.Cc1c(F)cc(F)cc1F.Cc1c(F)cccc1F.Cc1cc(F)ccc1F.Cc1ccc(F)c(F)c1.Cc1ccc(F)cc1.Cc1ccc(F)cc1F.Cc1cccc(C(F)(F)F)c1. The lowest BCUT2D eigenvalue weighted by atomic mass is 10.1. The molecule has 0 aliphatic carbocycles. The van der Waals surface area contributed by atoms with Crippen molar-refractivity contribution in [3.05, 3.63) is 282 Å². The summed E-state index contributed by atoms with van der Waals surface area (Å²) in [5.41, 5.74) is 1.61. The molecular formula is C58H49F19. The van der Waals surface area contributed by atoms with Crippen molar-refractivity contribution in [2.75, 3.05) is 0 Å². The van der Waals surface area contributed by atoms with Crippen LogP contribution in [0.3, 0.4) is 0 Å². The van der Waals surface area contributed by atoms with Crippen molar-refractivity contribution in [2.24, 2.45) is 0 Å². The van der Waals surface area contributed by atoms with Gasteiger partial charge in [0.25, 0.3) is 0 Å². The first kappa shape index (κ1) is 67.4. The van der Waals surface area contributed by atoms with Crippen molar-refractivity contribution in [3.63, 3.8) is 0 Å². The van der Waals surface area contributed by atoms with Gasteiger partial charge >= 0.3 is 6.18 Å². The molecular weight excluding hydrogens is 1060 g/mol. The Morgan fingerprint density at radius 3 is 1.05 bits per heavy atom. The fourth-order valence-corrected chi connectivity index (χ4v) is 5.23. The highest BCUT2D eigenvalue weighted by molar-refractivity contribution is 5.28. The molecule has 0 aliphatic heterocycles. The summed E-state index contributed by atoms with van der Waals surface area (Å²) in [4.78, 5) is 0. The van der Waals surface area contributed by atoms with E-state index in [4.69, 9.17) is 0 Å². The molecule has 0 radical (unpaired) electrons. The van der Waals surface area contributed by atoms with E-state index in [2.05, 4.69) is 0 Å². The highest BCUT2D eigenvalue weighted by Crippen LogP contribution is 2.29. The maximum atomic E-state index is 12.8. The lowest BCUT2D eigenvalue weighted by molar-refractivity contribution is -0.137. The smallest absolute Gasteiger partial charge is 0.207 e. The van der Waals surface area contributed by atoms with Crippen LogP contribution >= 0.6 is 0 Å². The molecule has 0 saturated heterocycles. The number of aryl methyl sites for hydroxylation is 5. The van der Waals surface area contributed by atoms with Gasteiger partial charge in [-0.25, -0.2) is 70.2 Å². The Balaban J connectivity index is 0.000000441. The van der Waals surface area contributed by atoms with Gasteiger partial charge in [-0.15, -0.1) is 0 Å². The predicted octanol–water partition coefficient (Wildman–Crippen LogP) is 19.5. The molecule has 0 atom stereocenters. The van der Waals surface area contributed by atoms with Gasteiger partial charge in [-0.1, -0.05) is 59.7 Å². The number of alkyl halides is 3. The molecule has 8 aromatic rings. The second kappa shape index (κ2) is 32.1. The van der Waals surface area contributed by atoms with Gasteiger partial charge in [0, 0.05) is 40.5 Å².